The van der Waals surface area contributed by atoms with Gasteiger partial charge in [-0.15, -0.1) is 11.3 Å². The van der Waals surface area contributed by atoms with Gasteiger partial charge >= 0.3 is 0 Å². The van der Waals surface area contributed by atoms with Crippen LogP contribution in [-0.4, -0.2) is 50.7 Å². The van der Waals surface area contributed by atoms with Crippen LogP contribution in [0.4, 0.5) is 0 Å². The number of fused-ring (bicyclic) bond motifs is 1. The molecule has 0 spiro atoms. The maximum Gasteiger partial charge on any atom is 0.191 e. The van der Waals surface area contributed by atoms with Crippen LogP contribution in [0.2, 0.25) is 0 Å². The highest BCUT2D eigenvalue weighted by molar-refractivity contribution is 7.10. The number of hydrogen-bond acceptors (Lipinski definition) is 4. The average Bonchev–Trinajstić information content (AvgIpc) is 3.18. The molecule has 1 atom stereocenters. The third kappa shape index (κ3) is 5.23. The van der Waals surface area contributed by atoms with Crippen LogP contribution in [0.5, 0.6) is 5.75 Å². The largest absolute Gasteiger partial charge is 0.496 e. The second-order valence-electron chi connectivity index (χ2n) is 6.88. The number of aliphatic imine (C=N–C) groups is 1. The highest BCUT2D eigenvalue weighted by Gasteiger charge is 2.21. The summed E-state index contributed by atoms with van der Waals surface area (Å²) in [6, 6.07) is 10.9. The van der Waals surface area contributed by atoms with E-state index in [1.54, 1.807) is 12.0 Å². The minimum Gasteiger partial charge on any atom is -0.496 e. The highest BCUT2D eigenvalue weighted by Crippen LogP contribution is 2.25. The molecule has 0 saturated heterocycles. The fourth-order valence-electron chi connectivity index (χ4n) is 3.47. The first-order valence-corrected chi connectivity index (χ1v) is 10.4. The lowest BCUT2D eigenvalue weighted by atomic mass is 10.1. The molecule has 1 aromatic carbocycles. The van der Waals surface area contributed by atoms with Gasteiger partial charge in [0.1, 0.15) is 5.75 Å². The number of methoxy groups -OCH3 is 1. The predicted molar refractivity (Wildman–Crippen MR) is 114 cm³/mol. The van der Waals surface area contributed by atoms with Gasteiger partial charge in [-0.25, -0.2) is 0 Å². The smallest absolute Gasteiger partial charge is 0.191 e. The van der Waals surface area contributed by atoms with Gasteiger partial charge < -0.3 is 15.4 Å². The van der Waals surface area contributed by atoms with E-state index < -0.39 is 0 Å². The molecule has 6 heteroatoms. The lowest BCUT2D eigenvalue weighted by Gasteiger charge is -2.32. The molecule has 27 heavy (non-hydrogen) atoms. The zero-order valence-electron chi connectivity index (χ0n) is 16.5. The van der Waals surface area contributed by atoms with Crippen LogP contribution in [0.15, 0.2) is 40.7 Å². The van der Waals surface area contributed by atoms with Gasteiger partial charge in [0.15, 0.2) is 5.96 Å². The van der Waals surface area contributed by atoms with Crippen molar-refractivity contribution in [3.05, 3.63) is 51.7 Å². The molecule has 0 bridgehead atoms. The van der Waals surface area contributed by atoms with Crippen LogP contribution in [0, 0.1) is 0 Å². The molecule has 0 amide bonds. The minimum absolute atomic E-state index is 0.464. The number of nitrogens with zero attached hydrogens (tertiary/aromatic N) is 2. The first-order chi connectivity index (χ1) is 13.2. The molecular weight excluding hydrogens is 356 g/mol. The van der Waals surface area contributed by atoms with Crippen LogP contribution in [0.25, 0.3) is 0 Å². The summed E-state index contributed by atoms with van der Waals surface area (Å²) in [5.41, 5.74) is 2.70. The summed E-state index contributed by atoms with van der Waals surface area (Å²) >= 11 is 1.89. The van der Waals surface area contributed by atoms with Crippen molar-refractivity contribution in [2.45, 2.75) is 32.4 Å². The fraction of sp³-hybridized carbons (Fsp3) is 0.476. The Morgan fingerprint density at radius 3 is 2.96 bits per heavy atom. The standard InChI is InChI=1S/C21H30N4OS/c1-16(25-12-9-20-18(15-25)10-13-27-20)14-24-21(22-2)23-11-8-17-6-4-5-7-19(17)26-3/h4-7,10,13,16H,8-9,11-12,14-15H2,1-3H3,(H2,22,23,24). The van der Waals surface area contributed by atoms with Crippen molar-refractivity contribution >= 4 is 17.3 Å². The van der Waals surface area contributed by atoms with E-state index in [-0.39, 0.29) is 0 Å². The van der Waals surface area contributed by atoms with Gasteiger partial charge in [-0.3, -0.25) is 9.89 Å². The monoisotopic (exact) mass is 386 g/mol. The van der Waals surface area contributed by atoms with Crippen LogP contribution in [0.1, 0.15) is 22.9 Å². The topological polar surface area (TPSA) is 48.9 Å². The van der Waals surface area contributed by atoms with Crippen LogP contribution >= 0.6 is 11.3 Å². The van der Waals surface area contributed by atoms with Gasteiger partial charge in [0, 0.05) is 44.1 Å². The van der Waals surface area contributed by atoms with Crippen molar-refractivity contribution in [1.29, 1.82) is 0 Å². The summed E-state index contributed by atoms with van der Waals surface area (Å²) in [7, 11) is 3.54. The molecule has 1 aliphatic rings. The molecule has 2 heterocycles. The number of hydrogen-bond donors (Lipinski definition) is 2. The van der Waals surface area contributed by atoms with Crippen LogP contribution < -0.4 is 15.4 Å². The quantitative estimate of drug-likeness (QED) is 0.567. The predicted octanol–water partition coefficient (Wildman–Crippen LogP) is 2.91. The summed E-state index contributed by atoms with van der Waals surface area (Å²) in [4.78, 5) is 8.45. The average molecular weight is 387 g/mol. The van der Waals surface area contributed by atoms with E-state index in [9.17, 15) is 0 Å². The van der Waals surface area contributed by atoms with Crippen molar-refractivity contribution < 1.29 is 4.74 Å². The molecule has 1 aliphatic heterocycles. The van der Waals surface area contributed by atoms with E-state index >= 15 is 0 Å². The van der Waals surface area contributed by atoms with E-state index in [1.165, 1.54) is 17.5 Å². The summed E-state index contributed by atoms with van der Waals surface area (Å²) < 4.78 is 5.42. The Kier molecular flexibility index (Phi) is 7.12. The number of ether oxygens (including phenoxy) is 1. The Hall–Kier alpha value is -2.05. The molecule has 3 rings (SSSR count). The lowest BCUT2D eigenvalue weighted by Crippen LogP contribution is -2.47. The molecule has 0 radical (unpaired) electrons. The number of nitrogens with one attached hydrogen (secondary N) is 2. The van der Waals surface area contributed by atoms with Crippen molar-refractivity contribution in [3.63, 3.8) is 0 Å². The first kappa shape index (κ1) is 19.7. The van der Waals surface area contributed by atoms with Crippen molar-refractivity contribution in [2.24, 2.45) is 4.99 Å². The second-order valence-corrected chi connectivity index (χ2v) is 7.88. The molecule has 1 unspecified atom stereocenters. The van der Waals surface area contributed by atoms with E-state index in [0.29, 0.717) is 6.04 Å². The number of rotatable bonds is 7. The molecule has 1 aromatic heterocycles. The summed E-state index contributed by atoms with van der Waals surface area (Å²) in [5.74, 6) is 1.79. The Bertz CT molecular complexity index is 758. The molecule has 0 saturated carbocycles. The highest BCUT2D eigenvalue weighted by atomic mass is 32.1. The number of thiophene rings is 1. The van der Waals surface area contributed by atoms with Gasteiger partial charge in [-0.2, -0.15) is 0 Å². The van der Waals surface area contributed by atoms with Gasteiger partial charge in [0.05, 0.1) is 7.11 Å². The SMILES string of the molecule is CN=C(NCCc1ccccc1OC)NCC(C)N1CCc2sccc2C1. The lowest BCUT2D eigenvalue weighted by molar-refractivity contribution is 0.192. The first-order valence-electron chi connectivity index (χ1n) is 9.57. The molecule has 0 fully saturated rings. The number of benzene rings is 1. The van der Waals surface area contributed by atoms with E-state index in [0.717, 1.165) is 44.3 Å². The van der Waals surface area contributed by atoms with E-state index in [4.69, 9.17) is 4.74 Å². The zero-order chi connectivity index (χ0) is 19.1. The molecule has 0 aliphatic carbocycles. The van der Waals surface area contributed by atoms with Crippen molar-refractivity contribution in [3.8, 4) is 5.75 Å². The Morgan fingerprint density at radius 1 is 1.30 bits per heavy atom. The van der Waals surface area contributed by atoms with Gasteiger partial charge in [-0.05, 0) is 48.4 Å². The minimum atomic E-state index is 0.464. The van der Waals surface area contributed by atoms with Gasteiger partial charge in [-0.1, -0.05) is 18.2 Å². The fourth-order valence-corrected chi connectivity index (χ4v) is 4.36. The van der Waals surface area contributed by atoms with Gasteiger partial charge in [0.2, 0.25) is 0 Å². The van der Waals surface area contributed by atoms with E-state index in [1.807, 2.05) is 36.6 Å². The summed E-state index contributed by atoms with van der Waals surface area (Å²) in [6.07, 6.45) is 2.07. The number of para-hydroxylation sites is 1. The van der Waals surface area contributed by atoms with Crippen molar-refractivity contribution in [1.82, 2.24) is 15.5 Å². The summed E-state index contributed by atoms with van der Waals surface area (Å²) in [6.45, 7) is 6.17. The zero-order valence-corrected chi connectivity index (χ0v) is 17.3. The molecule has 5 nitrogen and oxygen atoms in total. The number of guanidine groups is 1. The van der Waals surface area contributed by atoms with Gasteiger partial charge in [0.25, 0.3) is 0 Å². The summed E-state index contributed by atoms with van der Waals surface area (Å²) in [5, 5.41) is 9.09. The normalized spacial score (nSPS) is 15.9. The Labute approximate surface area is 166 Å². The Morgan fingerprint density at radius 2 is 2.15 bits per heavy atom. The molecular formula is C21H30N4OS. The maximum absolute atomic E-state index is 5.42. The van der Waals surface area contributed by atoms with Crippen molar-refractivity contribution in [2.75, 3.05) is 33.8 Å². The molecule has 2 aromatic rings. The maximum atomic E-state index is 5.42. The van der Waals surface area contributed by atoms with Crippen LogP contribution in [-0.2, 0) is 19.4 Å². The third-order valence-electron chi connectivity index (χ3n) is 5.13. The Balaban J connectivity index is 1.42. The molecule has 146 valence electrons. The second kappa shape index (κ2) is 9.76. The third-order valence-corrected chi connectivity index (χ3v) is 6.15. The van der Waals surface area contributed by atoms with E-state index in [2.05, 4.69) is 45.0 Å². The molecule has 2 N–H and O–H groups in total. The van der Waals surface area contributed by atoms with Crippen LogP contribution in [0.3, 0.4) is 0 Å².